The van der Waals surface area contributed by atoms with Gasteiger partial charge in [0.15, 0.2) is 0 Å². The molecular formula is C21H22N4O2. The Kier molecular flexibility index (Phi) is 4.98. The van der Waals surface area contributed by atoms with Gasteiger partial charge >= 0.3 is 0 Å². The zero-order valence-corrected chi connectivity index (χ0v) is 15.0. The molecule has 1 aromatic heterocycles. The highest BCUT2D eigenvalue weighted by Gasteiger charge is 2.30. The van der Waals surface area contributed by atoms with Gasteiger partial charge in [-0.1, -0.05) is 24.3 Å². The maximum Gasteiger partial charge on any atom is 0.227 e. The van der Waals surface area contributed by atoms with Crippen molar-refractivity contribution in [2.24, 2.45) is 5.92 Å². The van der Waals surface area contributed by atoms with Crippen molar-refractivity contribution in [3.63, 3.8) is 0 Å². The molecule has 0 spiro atoms. The smallest absolute Gasteiger partial charge is 0.227 e. The predicted molar refractivity (Wildman–Crippen MR) is 106 cm³/mol. The number of nitrogens with one attached hydrogen (secondary N) is 1. The van der Waals surface area contributed by atoms with E-state index in [-0.39, 0.29) is 18.4 Å². The number of para-hydroxylation sites is 1. The van der Waals surface area contributed by atoms with Crippen LogP contribution < -0.4 is 10.2 Å². The molecule has 1 fully saturated rings. The first-order valence-corrected chi connectivity index (χ1v) is 9.18. The van der Waals surface area contributed by atoms with Gasteiger partial charge in [-0.25, -0.2) is 9.97 Å². The third-order valence-electron chi connectivity index (χ3n) is 4.90. The van der Waals surface area contributed by atoms with Crippen LogP contribution in [0.5, 0.6) is 0 Å². The van der Waals surface area contributed by atoms with Crippen molar-refractivity contribution in [2.45, 2.75) is 12.8 Å². The van der Waals surface area contributed by atoms with Crippen LogP contribution in [0.1, 0.15) is 12.0 Å². The minimum absolute atomic E-state index is 0.0463. The van der Waals surface area contributed by atoms with Gasteiger partial charge in [0, 0.05) is 30.6 Å². The van der Waals surface area contributed by atoms with Gasteiger partial charge in [-0.15, -0.1) is 0 Å². The number of carbonyl (C=O) groups is 1. The maximum atomic E-state index is 12.4. The van der Waals surface area contributed by atoms with E-state index in [1.165, 1.54) is 6.33 Å². The van der Waals surface area contributed by atoms with E-state index < -0.39 is 0 Å². The van der Waals surface area contributed by atoms with Crippen LogP contribution in [0.3, 0.4) is 0 Å². The highest BCUT2D eigenvalue weighted by atomic mass is 16.3. The number of anilines is 2. The zero-order valence-electron chi connectivity index (χ0n) is 15.0. The van der Waals surface area contributed by atoms with E-state index >= 15 is 0 Å². The Labute approximate surface area is 157 Å². The summed E-state index contributed by atoms with van der Waals surface area (Å²) < 4.78 is 0. The number of amides is 1. The molecule has 0 saturated carbocycles. The SMILES string of the molecule is O=C1C[C@@H](Cc2ccc3ncnc(NCCO)c3c2)CN1c1ccccc1. The number of benzene rings is 2. The summed E-state index contributed by atoms with van der Waals surface area (Å²) in [5.74, 6) is 1.19. The molecule has 2 heterocycles. The Morgan fingerprint density at radius 3 is 2.81 bits per heavy atom. The number of fused-ring (bicyclic) bond motifs is 1. The largest absolute Gasteiger partial charge is 0.395 e. The van der Waals surface area contributed by atoms with Gasteiger partial charge in [0.1, 0.15) is 12.1 Å². The number of aliphatic hydroxyl groups excluding tert-OH is 1. The highest BCUT2D eigenvalue weighted by Crippen LogP contribution is 2.28. The van der Waals surface area contributed by atoms with Gasteiger partial charge in [0.05, 0.1) is 12.1 Å². The van der Waals surface area contributed by atoms with Crippen LogP contribution in [-0.4, -0.2) is 40.7 Å². The van der Waals surface area contributed by atoms with Gasteiger partial charge in [-0.2, -0.15) is 0 Å². The minimum atomic E-state index is 0.0463. The van der Waals surface area contributed by atoms with Crippen LogP contribution in [-0.2, 0) is 11.2 Å². The fraction of sp³-hybridized carbons (Fsp3) is 0.286. The molecule has 0 unspecified atom stereocenters. The van der Waals surface area contributed by atoms with E-state index in [2.05, 4.69) is 27.4 Å². The summed E-state index contributed by atoms with van der Waals surface area (Å²) in [5.41, 5.74) is 2.99. The first-order valence-electron chi connectivity index (χ1n) is 9.18. The molecule has 1 saturated heterocycles. The van der Waals surface area contributed by atoms with Gasteiger partial charge < -0.3 is 15.3 Å². The van der Waals surface area contributed by atoms with Crippen LogP contribution in [0.4, 0.5) is 11.5 Å². The zero-order chi connectivity index (χ0) is 18.6. The molecule has 2 aromatic carbocycles. The van der Waals surface area contributed by atoms with Crippen molar-refractivity contribution in [3.8, 4) is 0 Å². The number of hydrogen-bond acceptors (Lipinski definition) is 5. The lowest BCUT2D eigenvalue weighted by Gasteiger charge is -2.17. The van der Waals surface area contributed by atoms with E-state index in [4.69, 9.17) is 5.11 Å². The van der Waals surface area contributed by atoms with Crippen molar-refractivity contribution in [2.75, 3.05) is 29.9 Å². The van der Waals surface area contributed by atoms with E-state index in [0.29, 0.717) is 13.0 Å². The summed E-state index contributed by atoms with van der Waals surface area (Å²) in [6.45, 7) is 1.23. The quantitative estimate of drug-likeness (QED) is 0.705. The number of aromatic nitrogens is 2. The Balaban J connectivity index is 1.53. The van der Waals surface area contributed by atoms with Crippen LogP contribution >= 0.6 is 0 Å². The van der Waals surface area contributed by atoms with Crippen molar-refractivity contribution >= 4 is 28.3 Å². The lowest BCUT2D eigenvalue weighted by atomic mass is 9.97. The van der Waals surface area contributed by atoms with E-state index in [1.807, 2.05) is 41.3 Å². The van der Waals surface area contributed by atoms with Crippen LogP contribution in [0.25, 0.3) is 10.9 Å². The lowest BCUT2D eigenvalue weighted by Crippen LogP contribution is -2.24. The number of rotatable bonds is 6. The lowest BCUT2D eigenvalue weighted by molar-refractivity contribution is -0.117. The molecule has 0 radical (unpaired) electrons. The molecule has 138 valence electrons. The maximum absolute atomic E-state index is 12.4. The first kappa shape index (κ1) is 17.4. The summed E-state index contributed by atoms with van der Waals surface area (Å²) in [7, 11) is 0. The number of aliphatic hydroxyl groups is 1. The summed E-state index contributed by atoms with van der Waals surface area (Å²) in [6, 6.07) is 16.0. The summed E-state index contributed by atoms with van der Waals surface area (Å²) in [5, 5.41) is 13.1. The first-order chi connectivity index (χ1) is 13.2. The molecule has 1 aliphatic heterocycles. The average molecular weight is 362 g/mol. The van der Waals surface area contributed by atoms with Crippen LogP contribution in [0.2, 0.25) is 0 Å². The number of hydrogen-bond donors (Lipinski definition) is 2. The molecule has 3 aromatic rings. The Hall–Kier alpha value is -2.99. The van der Waals surface area contributed by atoms with Gasteiger partial charge in [0.2, 0.25) is 5.91 Å². The Morgan fingerprint density at radius 2 is 2.00 bits per heavy atom. The van der Waals surface area contributed by atoms with Gasteiger partial charge in [-0.3, -0.25) is 4.79 Å². The van der Waals surface area contributed by atoms with Crippen molar-refractivity contribution < 1.29 is 9.90 Å². The van der Waals surface area contributed by atoms with Crippen LogP contribution in [0, 0.1) is 5.92 Å². The molecule has 6 nitrogen and oxygen atoms in total. The second-order valence-electron chi connectivity index (χ2n) is 6.84. The van der Waals surface area contributed by atoms with Crippen molar-refractivity contribution in [3.05, 3.63) is 60.4 Å². The molecule has 0 aliphatic carbocycles. The molecule has 1 amide bonds. The predicted octanol–water partition coefficient (Wildman–Crippen LogP) is 2.63. The number of carbonyl (C=O) groups excluding carboxylic acids is 1. The van der Waals surface area contributed by atoms with Gasteiger partial charge in [0.25, 0.3) is 0 Å². The Morgan fingerprint density at radius 1 is 1.15 bits per heavy atom. The Bertz CT molecular complexity index is 945. The standard InChI is InChI=1S/C21H22N4O2/c26-9-8-22-21-18-11-15(6-7-19(18)23-14-24-21)10-16-12-20(27)25(13-16)17-4-2-1-3-5-17/h1-7,11,14,16,26H,8-10,12-13H2,(H,22,23,24)/t16-/m1/s1. The van der Waals surface area contributed by atoms with Gasteiger partial charge in [-0.05, 0) is 42.2 Å². The fourth-order valence-electron chi connectivity index (χ4n) is 3.66. The topological polar surface area (TPSA) is 78.3 Å². The molecular weight excluding hydrogens is 340 g/mol. The second kappa shape index (κ2) is 7.72. The molecule has 2 N–H and O–H groups in total. The normalized spacial score (nSPS) is 16.9. The fourth-order valence-corrected chi connectivity index (χ4v) is 3.66. The molecule has 4 rings (SSSR count). The third kappa shape index (κ3) is 3.75. The highest BCUT2D eigenvalue weighted by molar-refractivity contribution is 5.95. The van der Waals surface area contributed by atoms with Crippen LogP contribution in [0.15, 0.2) is 54.9 Å². The molecule has 27 heavy (non-hydrogen) atoms. The van der Waals surface area contributed by atoms with E-state index in [0.717, 1.165) is 40.9 Å². The van der Waals surface area contributed by atoms with E-state index in [9.17, 15) is 4.79 Å². The summed E-state index contributed by atoms with van der Waals surface area (Å²) in [4.78, 5) is 22.9. The van der Waals surface area contributed by atoms with E-state index in [1.54, 1.807) is 0 Å². The monoisotopic (exact) mass is 362 g/mol. The average Bonchev–Trinajstić information content (AvgIpc) is 3.07. The molecule has 1 aliphatic rings. The minimum Gasteiger partial charge on any atom is -0.395 e. The second-order valence-corrected chi connectivity index (χ2v) is 6.84. The molecule has 1 atom stereocenters. The number of nitrogens with zero attached hydrogens (tertiary/aromatic N) is 3. The van der Waals surface area contributed by atoms with Crippen molar-refractivity contribution in [1.82, 2.24) is 9.97 Å². The molecule has 6 heteroatoms. The van der Waals surface area contributed by atoms with Crippen molar-refractivity contribution in [1.29, 1.82) is 0 Å². The molecule has 0 bridgehead atoms. The third-order valence-corrected chi connectivity index (χ3v) is 4.90. The summed E-state index contributed by atoms with van der Waals surface area (Å²) in [6.07, 6.45) is 2.92. The summed E-state index contributed by atoms with van der Waals surface area (Å²) >= 11 is 0.